The van der Waals surface area contributed by atoms with Crippen molar-refractivity contribution in [1.82, 2.24) is 5.32 Å². The first-order valence-corrected chi connectivity index (χ1v) is 13.4. The number of ketones is 1. The Labute approximate surface area is 208 Å². The van der Waals surface area contributed by atoms with Crippen LogP contribution in [0.3, 0.4) is 0 Å². The topological polar surface area (TPSA) is 93.8 Å². The molecule has 7 heteroatoms. The van der Waals surface area contributed by atoms with Crippen molar-refractivity contribution in [2.45, 2.75) is 89.5 Å². The maximum Gasteiger partial charge on any atom is 0.226 e. The number of hydrogen-bond donors (Lipinski definition) is 2. The average molecular weight is 486 g/mol. The molecule has 0 aliphatic heterocycles. The molecular formula is C28H40FN3O3. The zero-order valence-electron chi connectivity index (χ0n) is 20.9. The summed E-state index contributed by atoms with van der Waals surface area (Å²) in [6.07, 6.45) is 12.7. The van der Waals surface area contributed by atoms with Crippen LogP contribution in [0.5, 0.6) is 5.75 Å². The van der Waals surface area contributed by atoms with Gasteiger partial charge in [-0.05, 0) is 73.5 Å². The van der Waals surface area contributed by atoms with Gasteiger partial charge in [-0.3, -0.25) is 14.9 Å². The lowest BCUT2D eigenvalue weighted by Gasteiger charge is -2.24. The van der Waals surface area contributed by atoms with Crippen LogP contribution in [0.4, 0.5) is 4.39 Å². The Bertz CT molecular complexity index is 928. The molecule has 3 fully saturated rings. The zero-order valence-corrected chi connectivity index (χ0v) is 20.9. The van der Waals surface area contributed by atoms with Crippen molar-refractivity contribution in [3.8, 4) is 5.75 Å². The molecule has 4 atom stereocenters. The van der Waals surface area contributed by atoms with E-state index in [1.807, 2.05) is 0 Å². The van der Waals surface area contributed by atoms with Crippen LogP contribution in [-0.4, -0.2) is 30.8 Å². The lowest BCUT2D eigenvalue weighted by Crippen LogP contribution is -2.40. The summed E-state index contributed by atoms with van der Waals surface area (Å²) in [5, 5.41) is 2.76. The van der Waals surface area contributed by atoms with Gasteiger partial charge in [-0.2, -0.15) is 0 Å². The SMILES string of the molecule is COc1cc(CCC(=O)[C@@H](CC2CCCCC2)N=C(N)NC(=O)CC2C[C@@H]3CC[C@H]2C3)ccc1F. The highest BCUT2D eigenvalue weighted by Crippen LogP contribution is 2.49. The van der Waals surface area contributed by atoms with Crippen LogP contribution in [0.15, 0.2) is 23.2 Å². The third-order valence-electron chi connectivity index (χ3n) is 8.42. The van der Waals surface area contributed by atoms with Crippen LogP contribution in [0, 0.1) is 29.5 Å². The molecule has 3 N–H and O–H groups in total. The predicted octanol–water partition coefficient (Wildman–Crippen LogP) is 4.93. The number of nitrogens with zero attached hydrogens (tertiary/aromatic N) is 1. The first-order valence-electron chi connectivity index (χ1n) is 13.4. The molecule has 1 aromatic carbocycles. The quantitative estimate of drug-likeness (QED) is 0.363. The normalized spacial score (nSPS) is 25.4. The van der Waals surface area contributed by atoms with Crippen molar-refractivity contribution >= 4 is 17.6 Å². The van der Waals surface area contributed by atoms with Crippen molar-refractivity contribution in [2.75, 3.05) is 7.11 Å². The van der Waals surface area contributed by atoms with Gasteiger partial charge >= 0.3 is 0 Å². The monoisotopic (exact) mass is 485 g/mol. The smallest absolute Gasteiger partial charge is 0.226 e. The third kappa shape index (κ3) is 7.05. The van der Waals surface area contributed by atoms with Gasteiger partial charge in [-0.25, -0.2) is 9.38 Å². The first-order chi connectivity index (χ1) is 16.9. The number of carbonyl (C=O) groups is 2. The summed E-state index contributed by atoms with van der Waals surface area (Å²) in [4.78, 5) is 30.4. The van der Waals surface area contributed by atoms with Crippen molar-refractivity contribution < 1.29 is 18.7 Å². The van der Waals surface area contributed by atoms with E-state index < -0.39 is 11.9 Å². The zero-order chi connectivity index (χ0) is 24.8. The van der Waals surface area contributed by atoms with E-state index in [9.17, 15) is 14.0 Å². The number of nitrogens with one attached hydrogen (secondary N) is 1. The molecule has 1 amide bonds. The molecule has 0 saturated heterocycles. The number of nitrogens with two attached hydrogens (primary N) is 1. The predicted molar refractivity (Wildman–Crippen MR) is 135 cm³/mol. The van der Waals surface area contributed by atoms with E-state index in [0.717, 1.165) is 30.7 Å². The molecule has 192 valence electrons. The van der Waals surface area contributed by atoms with E-state index in [1.165, 1.54) is 51.7 Å². The van der Waals surface area contributed by atoms with Crippen molar-refractivity contribution in [3.05, 3.63) is 29.6 Å². The average Bonchev–Trinajstić information content (AvgIpc) is 3.47. The molecule has 0 spiro atoms. The van der Waals surface area contributed by atoms with E-state index in [0.29, 0.717) is 37.0 Å². The fraction of sp³-hybridized carbons (Fsp3) is 0.679. The number of hydrogen-bond acceptors (Lipinski definition) is 4. The lowest BCUT2D eigenvalue weighted by molar-refractivity contribution is -0.122. The number of guanidine groups is 1. The van der Waals surface area contributed by atoms with Gasteiger partial charge in [-0.15, -0.1) is 0 Å². The molecule has 3 aliphatic rings. The summed E-state index contributed by atoms with van der Waals surface area (Å²) in [5.41, 5.74) is 6.98. The Hall–Kier alpha value is -2.44. The molecule has 0 heterocycles. The van der Waals surface area contributed by atoms with Gasteiger partial charge < -0.3 is 10.5 Å². The van der Waals surface area contributed by atoms with Gasteiger partial charge in [0, 0.05) is 12.8 Å². The highest BCUT2D eigenvalue weighted by atomic mass is 19.1. The van der Waals surface area contributed by atoms with Crippen LogP contribution in [0.1, 0.15) is 82.6 Å². The summed E-state index contributed by atoms with van der Waals surface area (Å²) < 4.78 is 18.8. The minimum absolute atomic E-state index is 0.00386. The Balaban J connectivity index is 1.36. The largest absolute Gasteiger partial charge is 0.494 e. The summed E-state index contributed by atoms with van der Waals surface area (Å²) in [6.45, 7) is 0. The molecule has 0 aromatic heterocycles. The van der Waals surface area contributed by atoms with Crippen molar-refractivity contribution in [3.63, 3.8) is 0 Å². The highest BCUT2D eigenvalue weighted by molar-refractivity contribution is 5.97. The maximum atomic E-state index is 13.7. The van der Waals surface area contributed by atoms with Gasteiger partial charge in [0.2, 0.25) is 5.91 Å². The van der Waals surface area contributed by atoms with Crippen LogP contribution in [0.25, 0.3) is 0 Å². The summed E-state index contributed by atoms with van der Waals surface area (Å²) >= 11 is 0. The molecule has 1 aromatic rings. The van der Waals surface area contributed by atoms with Crippen LogP contribution < -0.4 is 15.8 Å². The standard InChI is InChI=1S/C28H40FN3O3/c1-35-26-16-19(8-11-23(26)29)9-12-25(33)24(15-18-5-3-2-4-6-18)31-28(30)32-27(34)17-22-14-20-7-10-21(22)13-20/h8,11,16,18,20-22,24H,2-7,9-10,12-15,17H2,1H3,(H3,30,31,32,34)/t20-,21+,22?,24-/m1/s1. The van der Waals surface area contributed by atoms with E-state index in [-0.39, 0.29) is 29.8 Å². The second-order valence-corrected chi connectivity index (χ2v) is 10.9. The summed E-state index contributed by atoms with van der Waals surface area (Å²) in [7, 11) is 1.43. The fourth-order valence-electron chi connectivity index (χ4n) is 6.55. The number of Topliss-reactive ketones (excluding diaryl/α,β-unsaturated/α-hetero) is 1. The highest BCUT2D eigenvalue weighted by Gasteiger charge is 2.40. The second-order valence-electron chi connectivity index (χ2n) is 10.9. The lowest BCUT2D eigenvalue weighted by atomic mass is 9.83. The Morgan fingerprint density at radius 2 is 1.97 bits per heavy atom. The molecule has 3 saturated carbocycles. The van der Waals surface area contributed by atoms with Crippen LogP contribution in [-0.2, 0) is 16.0 Å². The molecule has 2 bridgehead atoms. The van der Waals surface area contributed by atoms with Gasteiger partial charge in [0.15, 0.2) is 23.3 Å². The molecule has 3 aliphatic carbocycles. The number of rotatable bonds is 10. The minimum atomic E-state index is -0.566. The van der Waals surface area contributed by atoms with Gasteiger partial charge in [0.25, 0.3) is 0 Å². The summed E-state index contributed by atoms with van der Waals surface area (Å²) in [6, 6.07) is 4.10. The number of aliphatic imine (C=N–C) groups is 1. The first kappa shape index (κ1) is 25.6. The number of amides is 1. The Morgan fingerprint density at radius 3 is 2.66 bits per heavy atom. The van der Waals surface area contributed by atoms with Crippen molar-refractivity contribution in [2.24, 2.45) is 34.4 Å². The molecular weight excluding hydrogens is 445 g/mol. The van der Waals surface area contributed by atoms with Gasteiger partial charge in [0.05, 0.1) is 7.11 Å². The second kappa shape index (κ2) is 12.0. The molecule has 1 unspecified atom stereocenters. The summed E-state index contributed by atoms with van der Waals surface area (Å²) in [5.74, 6) is 2.09. The molecule has 35 heavy (non-hydrogen) atoms. The fourth-order valence-corrected chi connectivity index (χ4v) is 6.55. The molecule has 4 rings (SSSR count). The number of aryl methyl sites for hydroxylation is 1. The van der Waals surface area contributed by atoms with Gasteiger partial charge in [0.1, 0.15) is 6.04 Å². The van der Waals surface area contributed by atoms with E-state index in [4.69, 9.17) is 10.5 Å². The van der Waals surface area contributed by atoms with E-state index >= 15 is 0 Å². The van der Waals surface area contributed by atoms with E-state index in [2.05, 4.69) is 10.3 Å². The number of methoxy groups -OCH3 is 1. The Morgan fingerprint density at radius 1 is 1.17 bits per heavy atom. The number of fused-ring (bicyclic) bond motifs is 2. The number of benzene rings is 1. The third-order valence-corrected chi connectivity index (χ3v) is 8.42. The van der Waals surface area contributed by atoms with Crippen LogP contribution >= 0.6 is 0 Å². The van der Waals surface area contributed by atoms with Crippen molar-refractivity contribution in [1.29, 1.82) is 0 Å². The van der Waals surface area contributed by atoms with Crippen LogP contribution in [0.2, 0.25) is 0 Å². The Kier molecular flexibility index (Phi) is 8.79. The number of ether oxygens (including phenoxy) is 1. The minimum Gasteiger partial charge on any atom is -0.494 e. The maximum absolute atomic E-state index is 13.7. The number of carbonyl (C=O) groups excluding carboxylic acids is 2. The molecule has 6 nitrogen and oxygen atoms in total. The number of halogens is 1. The van der Waals surface area contributed by atoms with E-state index in [1.54, 1.807) is 12.1 Å². The van der Waals surface area contributed by atoms with Gasteiger partial charge in [-0.1, -0.05) is 44.6 Å². The molecule has 0 radical (unpaired) electrons.